The van der Waals surface area contributed by atoms with Crippen molar-refractivity contribution < 1.29 is 9.52 Å². The summed E-state index contributed by atoms with van der Waals surface area (Å²) < 4.78 is 5.31. The molecule has 0 saturated heterocycles. The van der Waals surface area contributed by atoms with Crippen molar-refractivity contribution in [3.63, 3.8) is 0 Å². The van der Waals surface area contributed by atoms with Crippen molar-refractivity contribution in [2.75, 3.05) is 0 Å². The third-order valence-corrected chi connectivity index (χ3v) is 3.63. The van der Waals surface area contributed by atoms with E-state index in [0.717, 1.165) is 38.5 Å². The summed E-state index contributed by atoms with van der Waals surface area (Å²) in [5.41, 5.74) is 0.0883. The Morgan fingerprint density at radius 3 is 2.10 bits per heavy atom. The molecule has 0 fully saturated rings. The fourth-order valence-corrected chi connectivity index (χ4v) is 2.36. The van der Waals surface area contributed by atoms with Crippen LogP contribution in [0, 0.1) is 0 Å². The SMILES string of the molecule is CCCCCCc1cc(O)c(CCCCCC)c(=O)o1. The maximum atomic E-state index is 11.9. The summed E-state index contributed by atoms with van der Waals surface area (Å²) >= 11 is 0. The molecule has 20 heavy (non-hydrogen) atoms. The number of aromatic hydroxyl groups is 1. The van der Waals surface area contributed by atoms with Crippen molar-refractivity contribution in [3.05, 3.63) is 27.8 Å². The van der Waals surface area contributed by atoms with Gasteiger partial charge in [-0.1, -0.05) is 52.4 Å². The summed E-state index contributed by atoms with van der Waals surface area (Å²) in [7, 11) is 0. The van der Waals surface area contributed by atoms with E-state index in [-0.39, 0.29) is 11.4 Å². The molecule has 0 spiro atoms. The van der Waals surface area contributed by atoms with E-state index in [1.165, 1.54) is 19.3 Å². The van der Waals surface area contributed by atoms with Gasteiger partial charge in [0.05, 0.1) is 5.56 Å². The molecule has 0 radical (unpaired) electrons. The second-order valence-electron chi connectivity index (χ2n) is 5.49. The van der Waals surface area contributed by atoms with Gasteiger partial charge in [0.25, 0.3) is 0 Å². The van der Waals surface area contributed by atoms with Crippen LogP contribution in [-0.4, -0.2) is 5.11 Å². The first-order chi connectivity index (χ1) is 9.69. The van der Waals surface area contributed by atoms with Gasteiger partial charge in [-0.3, -0.25) is 0 Å². The van der Waals surface area contributed by atoms with Crippen LogP contribution in [0.2, 0.25) is 0 Å². The molecule has 3 heteroatoms. The molecule has 1 aromatic heterocycles. The predicted octanol–water partition coefficient (Wildman–Crippen LogP) is 4.59. The van der Waals surface area contributed by atoms with Gasteiger partial charge in [0.1, 0.15) is 11.5 Å². The molecule has 1 rings (SSSR count). The van der Waals surface area contributed by atoms with Gasteiger partial charge in [-0.15, -0.1) is 0 Å². The Morgan fingerprint density at radius 2 is 1.55 bits per heavy atom. The smallest absolute Gasteiger partial charge is 0.342 e. The van der Waals surface area contributed by atoms with Crippen LogP contribution >= 0.6 is 0 Å². The predicted molar refractivity (Wildman–Crippen MR) is 82.3 cm³/mol. The number of hydrogen-bond donors (Lipinski definition) is 1. The first kappa shape index (κ1) is 16.8. The molecular formula is C17H28O3. The van der Waals surface area contributed by atoms with Crippen molar-refractivity contribution in [2.45, 2.75) is 78.1 Å². The zero-order valence-corrected chi connectivity index (χ0v) is 12.9. The first-order valence-corrected chi connectivity index (χ1v) is 8.03. The van der Waals surface area contributed by atoms with Crippen LogP contribution in [0.1, 0.15) is 76.5 Å². The van der Waals surface area contributed by atoms with E-state index in [0.29, 0.717) is 17.7 Å². The summed E-state index contributed by atoms with van der Waals surface area (Å²) in [5.74, 6) is 0.726. The normalized spacial score (nSPS) is 10.9. The van der Waals surface area contributed by atoms with Gasteiger partial charge in [-0.2, -0.15) is 0 Å². The van der Waals surface area contributed by atoms with E-state index in [1.807, 2.05) is 0 Å². The molecular weight excluding hydrogens is 252 g/mol. The van der Waals surface area contributed by atoms with Gasteiger partial charge in [-0.25, -0.2) is 4.79 Å². The summed E-state index contributed by atoms with van der Waals surface area (Å²) in [6.45, 7) is 4.32. The fraction of sp³-hybridized carbons (Fsp3) is 0.706. The third-order valence-electron chi connectivity index (χ3n) is 3.63. The highest BCUT2D eigenvalue weighted by Gasteiger charge is 2.10. The van der Waals surface area contributed by atoms with Gasteiger partial charge in [0.15, 0.2) is 0 Å². The lowest BCUT2D eigenvalue weighted by Crippen LogP contribution is -2.09. The molecule has 1 heterocycles. The molecule has 0 aliphatic heterocycles. The van der Waals surface area contributed by atoms with Crippen molar-refractivity contribution >= 4 is 0 Å². The third kappa shape index (κ3) is 5.81. The number of rotatable bonds is 10. The van der Waals surface area contributed by atoms with Gasteiger partial charge in [0.2, 0.25) is 0 Å². The largest absolute Gasteiger partial charge is 0.507 e. The molecule has 1 N–H and O–H groups in total. The first-order valence-electron chi connectivity index (χ1n) is 8.03. The van der Waals surface area contributed by atoms with Crippen LogP contribution in [0.3, 0.4) is 0 Å². The maximum Gasteiger partial charge on any atom is 0.342 e. The van der Waals surface area contributed by atoms with Crippen molar-refractivity contribution in [3.8, 4) is 5.75 Å². The van der Waals surface area contributed by atoms with Gasteiger partial charge in [-0.05, 0) is 19.3 Å². The van der Waals surface area contributed by atoms with Crippen molar-refractivity contribution in [2.24, 2.45) is 0 Å². The monoisotopic (exact) mass is 280 g/mol. The fourth-order valence-electron chi connectivity index (χ4n) is 2.36. The Labute approximate surface area is 122 Å². The Morgan fingerprint density at radius 1 is 0.950 bits per heavy atom. The lowest BCUT2D eigenvalue weighted by atomic mass is 10.1. The minimum absolute atomic E-state index is 0.114. The highest BCUT2D eigenvalue weighted by Crippen LogP contribution is 2.19. The zero-order valence-electron chi connectivity index (χ0n) is 12.9. The molecule has 1 aromatic rings. The van der Waals surface area contributed by atoms with Crippen LogP contribution < -0.4 is 5.63 Å². The zero-order chi connectivity index (χ0) is 14.8. The van der Waals surface area contributed by atoms with Crippen LogP contribution in [-0.2, 0) is 12.8 Å². The van der Waals surface area contributed by atoms with Gasteiger partial charge in [0, 0.05) is 12.5 Å². The van der Waals surface area contributed by atoms with E-state index in [2.05, 4.69) is 13.8 Å². The highest BCUT2D eigenvalue weighted by atomic mass is 16.4. The summed E-state index contributed by atoms with van der Waals surface area (Å²) in [4.78, 5) is 11.9. The van der Waals surface area contributed by atoms with Crippen LogP contribution in [0.25, 0.3) is 0 Å². The molecule has 114 valence electrons. The second kappa shape index (κ2) is 9.62. The van der Waals surface area contributed by atoms with E-state index >= 15 is 0 Å². The molecule has 0 bridgehead atoms. The average molecular weight is 280 g/mol. The number of unbranched alkanes of at least 4 members (excludes halogenated alkanes) is 6. The molecule has 0 aliphatic carbocycles. The van der Waals surface area contributed by atoms with E-state index in [9.17, 15) is 9.90 Å². The van der Waals surface area contributed by atoms with Crippen LogP contribution in [0.15, 0.2) is 15.3 Å². The summed E-state index contributed by atoms with van der Waals surface area (Å²) in [5, 5.41) is 9.97. The molecule has 0 atom stereocenters. The topological polar surface area (TPSA) is 50.4 Å². The molecule has 0 aliphatic rings. The minimum Gasteiger partial charge on any atom is -0.507 e. The summed E-state index contributed by atoms with van der Waals surface area (Å²) in [6.07, 6.45) is 10.2. The standard InChI is InChI=1S/C17H28O3/c1-3-5-7-9-11-14-13-16(18)15(17(19)20-14)12-10-8-6-4-2/h13,18H,3-12H2,1-2H3. The van der Waals surface area contributed by atoms with Crippen LogP contribution in [0.4, 0.5) is 0 Å². The quantitative estimate of drug-likeness (QED) is 0.638. The number of aryl methyl sites for hydroxylation is 1. The molecule has 0 amide bonds. The second-order valence-corrected chi connectivity index (χ2v) is 5.49. The number of hydrogen-bond acceptors (Lipinski definition) is 3. The Kier molecular flexibility index (Phi) is 8.08. The van der Waals surface area contributed by atoms with E-state index in [4.69, 9.17) is 4.42 Å². The minimum atomic E-state index is -0.355. The lowest BCUT2D eigenvalue weighted by molar-refractivity contribution is 0.406. The maximum absolute atomic E-state index is 11.9. The van der Waals surface area contributed by atoms with Gasteiger partial charge >= 0.3 is 5.63 Å². The van der Waals surface area contributed by atoms with Crippen molar-refractivity contribution in [1.29, 1.82) is 0 Å². The molecule has 0 aromatic carbocycles. The molecule has 0 saturated carbocycles. The van der Waals surface area contributed by atoms with Crippen molar-refractivity contribution in [1.82, 2.24) is 0 Å². The Bertz CT molecular complexity index is 434. The Hall–Kier alpha value is -1.25. The molecule has 0 unspecified atom stereocenters. The highest BCUT2D eigenvalue weighted by molar-refractivity contribution is 5.30. The van der Waals surface area contributed by atoms with E-state index in [1.54, 1.807) is 6.07 Å². The average Bonchev–Trinajstić information content (AvgIpc) is 2.42. The van der Waals surface area contributed by atoms with E-state index < -0.39 is 0 Å². The Balaban J connectivity index is 2.55. The van der Waals surface area contributed by atoms with Gasteiger partial charge < -0.3 is 9.52 Å². The molecule has 3 nitrogen and oxygen atoms in total. The summed E-state index contributed by atoms with van der Waals surface area (Å²) in [6, 6.07) is 1.63. The lowest BCUT2D eigenvalue weighted by Gasteiger charge is -2.06. The van der Waals surface area contributed by atoms with Crippen LogP contribution in [0.5, 0.6) is 5.75 Å².